The van der Waals surface area contributed by atoms with Crippen LogP contribution in [0.1, 0.15) is 11.1 Å². The van der Waals surface area contributed by atoms with Crippen molar-refractivity contribution in [2.75, 3.05) is 15.8 Å². The Balaban J connectivity index is 1.50. The smallest absolute Gasteiger partial charge is 0.263 e. The Kier molecular flexibility index (Phi) is 7.06. The van der Waals surface area contributed by atoms with E-state index >= 15 is 0 Å². The van der Waals surface area contributed by atoms with Crippen molar-refractivity contribution in [1.29, 1.82) is 5.26 Å². The minimum atomic E-state index is -3.76. The van der Waals surface area contributed by atoms with Gasteiger partial charge in [0.05, 0.1) is 22.3 Å². The highest BCUT2D eigenvalue weighted by molar-refractivity contribution is 7.99. The number of amides is 1. The number of hydrogen-bond acceptors (Lipinski definition) is 6. The molecule has 0 radical (unpaired) electrons. The van der Waals surface area contributed by atoms with Crippen molar-refractivity contribution < 1.29 is 13.2 Å². The zero-order chi connectivity index (χ0) is 21.4. The summed E-state index contributed by atoms with van der Waals surface area (Å²) in [4.78, 5) is 16.1. The van der Waals surface area contributed by atoms with Gasteiger partial charge in [-0.25, -0.2) is 13.4 Å². The Hall–Kier alpha value is -3.35. The molecule has 1 aromatic heterocycles. The van der Waals surface area contributed by atoms with Gasteiger partial charge in [0.25, 0.3) is 10.0 Å². The van der Waals surface area contributed by atoms with Gasteiger partial charge in [-0.2, -0.15) is 5.26 Å². The Morgan fingerprint density at radius 2 is 1.77 bits per heavy atom. The van der Waals surface area contributed by atoms with Crippen LogP contribution in [0.4, 0.5) is 11.5 Å². The first-order valence-electron chi connectivity index (χ1n) is 8.87. The average Bonchev–Trinajstić information content (AvgIpc) is 2.75. The summed E-state index contributed by atoms with van der Waals surface area (Å²) in [6.07, 6.45) is 1.50. The van der Waals surface area contributed by atoms with Crippen LogP contribution >= 0.6 is 11.8 Å². The van der Waals surface area contributed by atoms with E-state index in [9.17, 15) is 13.2 Å². The van der Waals surface area contributed by atoms with Crippen molar-refractivity contribution in [3.8, 4) is 6.07 Å². The van der Waals surface area contributed by atoms with E-state index in [0.29, 0.717) is 17.0 Å². The molecule has 0 saturated heterocycles. The summed E-state index contributed by atoms with van der Waals surface area (Å²) in [6.45, 7) is 0. The highest BCUT2D eigenvalue weighted by Gasteiger charge is 2.14. The topological polar surface area (TPSA) is 112 Å². The molecule has 2 N–H and O–H groups in total. The molecule has 1 amide bonds. The molecule has 0 aliphatic rings. The van der Waals surface area contributed by atoms with Gasteiger partial charge in [-0.1, -0.05) is 18.2 Å². The van der Waals surface area contributed by atoms with Gasteiger partial charge in [-0.3, -0.25) is 9.52 Å². The average molecular weight is 439 g/mol. The molecule has 152 valence electrons. The van der Waals surface area contributed by atoms with Gasteiger partial charge < -0.3 is 5.32 Å². The first kappa shape index (κ1) is 21.4. The quantitative estimate of drug-likeness (QED) is 0.555. The lowest BCUT2D eigenvalue weighted by atomic mass is 10.2. The molecule has 0 bridgehead atoms. The summed E-state index contributed by atoms with van der Waals surface area (Å²) in [7, 11) is -3.76. The fourth-order valence-electron chi connectivity index (χ4n) is 2.47. The van der Waals surface area contributed by atoms with Gasteiger partial charge in [-0.15, -0.1) is 11.8 Å². The van der Waals surface area contributed by atoms with E-state index in [4.69, 9.17) is 5.26 Å². The maximum absolute atomic E-state index is 12.4. The molecule has 0 unspecified atom stereocenters. The van der Waals surface area contributed by atoms with Gasteiger partial charge in [0.15, 0.2) is 0 Å². The zero-order valence-electron chi connectivity index (χ0n) is 15.8. The first-order chi connectivity index (χ1) is 14.5. The van der Waals surface area contributed by atoms with Crippen molar-refractivity contribution >= 4 is 39.2 Å². The monoisotopic (exact) mass is 438 g/mol. The number of carbonyl (C=O) groups is 1. The lowest BCUT2D eigenvalue weighted by molar-refractivity contribution is -0.113. The van der Waals surface area contributed by atoms with Crippen LogP contribution in [0.25, 0.3) is 0 Å². The molecule has 3 rings (SSSR count). The first-order valence-corrected chi connectivity index (χ1v) is 11.5. The molecule has 0 atom stereocenters. The zero-order valence-corrected chi connectivity index (χ0v) is 17.4. The molecule has 7 nitrogen and oxygen atoms in total. The summed E-state index contributed by atoms with van der Waals surface area (Å²) in [5.41, 5.74) is 2.14. The van der Waals surface area contributed by atoms with Crippen LogP contribution in [0.3, 0.4) is 0 Å². The number of nitriles is 1. The number of sulfonamides is 1. The van der Waals surface area contributed by atoms with E-state index < -0.39 is 10.0 Å². The molecular weight excluding hydrogens is 420 g/mol. The molecular formula is C21H18N4O3S2. The van der Waals surface area contributed by atoms with E-state index in [-0.39, 0.29) is 22.4 Å². The molecule has 9 heteroatoms. The summed E-state index contributed by atoms with van der Waals surface area (Å²) >= 11 is 1.45. The van der Waals surface area contributed by atoms with E-state index in [1.54, 1.807) is 30.3 Å². The second-order valence-electron chi connectivity index (χ2n) is 6.19. The molecule has 0 saturated carbocycles. The van der Waals surface area contributed by atoms with Crippen molar-refractivity contribution in [2.45, 2.75) is 10.6 Å². The number of thioether (sulfide) groups is 1. The number of pyridine rings is 1. The maximum atomic E-state index is 12.4. The number of benzene rings is 2. The SMILES string of the molecule is N#Cc1ccc(CSCC(=O)Nc2ccc(S(=O)(=O)Nc3ccccn3)cc2)cc1. The Morgan fingerprint density at radius 3 is 2.40 bits per heavy atom. The van der Waals surface area contributed by atoms with Crippen molar-refractivity contribution in [2.24, 2.45) is 0 Å². The van der Waals surface area contributed by atoms with Crippen LogP contribution in [0.15, 0.2) is 77.8 Å². The summed E-state index contributed by atoms with van der Waals surface area (Å²) < 4.78 is 27.2. The Morgan fingerprint density at radius 1 is 1.03 bits per heavy atom. The molecule has 3 aromatic rings. The van der Waals surface area contributed by atoms with Crippen molar-refractivity contribution in [1.82, 2.24) is 4.98 Å². The second kappa shape index (κ2) is 9.91. The highest BCUT2D eigenvalue weighted by Crippen LogP contribution is 2.18. The van der Waals surface area contributed by atoms with E-state index in [1.807, 2.05) is 12.1 Å². The lowest BCUT2D eigenvalue weighted by Crippen LogP contribution is -2.15. The van der Waals surface area contributed by atoms with Crippen LogP contribution in [0.5, 0.6) is 0 Å². The van der Waals surface area contributed by atoms with Crippen molar-refractivity contribution in [3.63, 3.8) is 0 Å². The van der Waals surface area contributed by atoms with E-state index in [2.05, 4.69) is 21.1 Å². The molecule has 1 heterocycles. The number of anilines is 2. The maximum Gasteiger partial charge on any atom is 0.263 e. The third-order valence-electron chi connectivity index (χ3n) is 3.94. The summed E-state index contributed by atoms with van der Waals surface area (Å²) in [5, 5.41) is 11.5. The van der Waals surface area contributed by atoms with Crippen LogP contribution < -0.4 is 10.0 Å². The number of carbonyl (C=O) groups excluding carboxylic acids is 1. The Bertz CT molecular complexity index is 1140. The fraction of sp³-hybridized carbons (Fsp3) is 0.0952. The fourth-order valence-corrected chi connectivity index (χ4v) is 4.27. The predicted octanol–water partition coefficient (Wildman–Crippen LogP) is 3.63. The van der Waals surface area contributed by atoms with Gasteiger partial charge >= 0.3 is 0 Å². The molecule has 0 spiro atoms. The van der Waals surface area contributed by atoms with Crippen LogP contribution in [0, 0.1) is 11.3 Å². The Labute approximate surface area is 179 Å². The highest BCUT2D eigenvalue weighted by atomic mass is 32.2. The largest absolute Gasteiger partial charge is 0.325 e. The van der Waals surface area contributed by atoms with E-state index in [0.717, 1.165) is 5.56 Å². The number of aromatic nitrogens is 1. The number of rotatable bonds is 8. The minimum Gasteiger partial charge on any atom is -0.325 e. The summed E-state index contributed by atoms with van der Waals surface area (Å²) in [6, 6.07) is 20.1. The van der Waals surface area contributed by atoms with Crippen molar-refractivity contribution in [3.05, 3.63) is 84.1 Å². The lowest BCUT2D eigenvalue weighted by Gasteiger charge is -2.09. The predicted molar refractivity (Wildman–Crippen MR) is 117 cm³/mol. The number of nitrogens with one attached hydrogen (secondary N) is 2. The number of nitrogens with zero attached hydrogens (tertiary/aromatic N) is 2. The third kappa shape index (κ3) is 6.07. The van der Waals surface area contributed by atoms with Crippen LogP contribution in [-0.4, -0.2) is 25.1 Å². The van der Waals surface area contributed by atoms with Crippen LogP contribution in [0.2, 0.25) is 0 Å². The molecule has 2 aromatic carbocycles. The van der Waals surface area contributed by atoms with Gasteiger partial charge in [0.1, 0.15) is 5.82 Å². The molecule has 0 aliphatic heterocycles. The van der Waals surface area contributed by atoms with E-state index in [1.165, 1.54) is 42.2 Å². The summed E-state index contributed by atoms with van der Waals surface area (Å²) in [5.74, 6) is 0.946. The molecule has 0 aliphatic carbocycles. The molecule has 30 heavy (non-hydrogen) atoms. The molecule has 0 fully saturated rings. The normalized spacial score (nSPS) is 10.8. The van der Waals surface area contributed by atoms with Gasteiger partial charge in [0, 0.05) is 17.6 Å². The number of hydrogen-bond donors (Lipinski definition) is 2. The van der Waals surface area contributed by atoms with Gasteiger partial charge in [-0.05, 0) is 54.1 Å². The minimum absolute atomic E-state index is 0.0707. The third-order valence-corrected chi connectivity index (χ3v) is 6.31. The van der Waals surface area contributed by atoms with Crippen LogP contribution in [-0.2, 0) is 20.6 Å². The van der Waals surface area contributed by atoms with Gasteiger partial charge in [0.2, 0.25) is 5.91 Å². The standard InChI is InChI=1S/C21H18N4O3S2/c22-13-16-4-6-17(7-5-16)14-29-15-21(26)24-18-8-10-19(11-9-18)30(27,28)25-20-3-1-2-12-23-20/h1-12H,14-15H2,(H,23,25)(H,24,26). The second-order valence-corrected chi connectivity index (χ2v) is 8.86.